The summed E-state index contributed by atoms with van der Waals surface area (Å²) < 4.78 is 5.31. The van der Waals surface area contributed by atoms with Crippen LogP contribution in [0.25, 0.3) is 11.3 Å². The Morgan fingerprint density at radius 3 is 3.00 bits per heavy atom. The normalized spacial score (nSPS) is 15.1. The Hall–Kier alpha value is -1.32. The molecule has 1 saturated carbocycles. The molecule has 2 aromatic rings. The summed E-state index contributed by atoms with van der Waals surface area (Å²) in [7, 11) is 0. The van der Waals surface area contributed by atoms with Gasteiger partial charge in [-0.3, -0.25) is 0 Å². The van der Waals surface area contributed by atoms with Crippen molar-refractivity contribution in [2.45, 2.75) is 25.4 Å². The van der Waals surface area contributed by atoms with E-state index in [2.05, 4.69) is 10.5 Å². The van der Waals surface area contributed by atoms with E-state index >= 15 is 0 Å². The molecule has 1 aromatic heterocycles. The summed E-state index contributed by atoms with van der Waals surface area (Å²) in [4.78, 5) is 0. The molecule has 1 aliphatic rings. The van der Waals surface area contributed by atoms with Gasteiger partial charge in [-0.2, -0.15) is 0 Å². The van der Waals surface area contributed by atoms with Crippen molar-refractivity contribution in [3.05, 3.63) is 41.0 Å². The molecule has 0 radical (unpaired) electrons. The van der Waals surface area contributed by atoms with Crippen LogP contribution in [0.5, 0.6) is 0 Å². The van der Waals surface area contributed by atoms with Crippen molar-refractivity contribution < 1.29 is 4.52 Å². The fourth-order valence-electron chi connectivity index (χ4n) is 1.71. The minimum Gasteiger partial charge on any atom is -0.356 e. The van der Waals surface area contributed by atoms with Gasteiger partial charge in [-0.15, -0.1) is 0 Å². The van der Waals surface area contributed by atoms with Gasteiger partial charge in [-0.25, -0.2) is 0 Å². The first kappa shape index (κ1) is 10.8. The predicted octanol–water partition coefficient (Wildman–Crippen LogP) is 3.25. The second-order valence-electron chi connectivity index (χ2n) is 4.35. The molecule has 1 N–H and O–H groups in total. The monoisotopic (exact) mass is 248 g/mol. The maximum absolute atomic E-state index is 5.94. The lowest BCUT2D eigenvalue weighted by atomic mass is 10.1. The summed E-state index contributed by atoms with van der Waals surface area (Å²) in [6.45, 7) is 0.773. The zero-order valence-electron chi connectivity index (χ0n) is 9.32. The highest BCUT2D eigenvalue weighted by atomic mass is 35.5. The Bertz CT molecular complexity index is 520. The Morgan fingerprint density at radius 2 is 2.24 bits per heavy atom. The molecule has 0 aliphatic heterocycles. The van der Waals surface area contributed by atoms with Gasteiger partial charge in [0.15, 0.2) is 5.76 Å². The molecule has 17 heavy (non-hydrogen) atoms. The van der Waals surface area contributed by atoms with Crippen LogP contribution in [0.3, 0.4) is 0 Å². The van der Waals surface area contributed by atoms with Crippen molar-refractivity contribution in [2.24, 2.45) is 0 Å². The summed E-state index contributed by atoms with van der Waals surface area (Å²) in [6, 6.07) is 10.2. The van der Waals surface area contributed by atoms with Gasteiger partial charge in [0, 0.05) is 29.2 Å². The third kappa shape index (κ3) is 2.68. The van der Waals surface area contributed by atoms with Crippen LogP contribution >= 0.6 is 11.6 Å². The molecular formula is C13H13ClN2O. The summed E-state index contributed by atoms with van der Waals surface area (Å²) >= 11 is 5.94. The number of hydrogen-bond acceptors (Lipinski definition) is 3. The second-order valence-corrected chi connectivity index (χ2v) is 4.78. The van der Waals surface area contributed by atoms with Gasteiger partial charge in [0.05, 0.1) is 5.69 Å². The minimum atomic E-state index is 0.682. The molecule has 3 rings (SSSR count). The van der Waals surface area contributed by atoms with E-state index in [1.165, 1.54) is 12.8 Å². The smallest absolute Gasteiger partial charge is 0.167 e. The van der Waals surface area contributed by atoms with E-state index in [0.717, 1.165) is 23.6 Å². The highest BCUT2D eigenvalue weighted by Crippen LogP contribution is 2.24. The van der Waals surface area contributed by atoms with Crippen LogP contribution in [0, 0.1) is 0 Å². The third-order valence-electron chi connectivity index (χ3n) is 2.82. The van der Waals surface area contributed by atoms with E-state index in [0.29, 0.717) is 11.1 Å². The first-order valence-corrected chi connectivity index (χ1v) is 6.14. The van der Waals surface area contributed by atoms with E-state index in [9.17, 15) is 0 Å². The molecule has 1 aromatic carbocycles. The van der Waals surface area contributed by atoms with Gasteiger partial charge in [0.25, 0.3) is 0 Å². The molecule has 0 amide bonds. The van der Waals surface area contributed by atoms with Crippen LogP contribution in [0.2, 0.25) is 5.02 Å². The minimum absolute atomic E-state index is 0.682. The standard InChI is InChI=1S/C13H13ClN2O/c14-10-3-1-2-9(6-10)13-7-12(16-17-13)8-15-11-4-5-11/h1-3,6-7,11,15H,4-5,8H2. The summed E-state index contributed by atoms with van der Waals surface area (Å²) in [5, 5.41) is 8.15. The van der Waals surface area contributed by atoms with Crippen molar-refractivity contribution in [3.63, 3.8) is 0 Å². The predicted molar refractivity (Wildman–Crippen MR) is 66.8 cm³/mol. The Morgan fingerprint density at radius 1 is 1.35 bits per heavy atom. The van der Waals surface area contributed by atoms with Gasteiger partial charge < -0.3 is 9.84 Å². The van der Waals surface area contributed by atoms with Crippen molar-refractivity contribution >= 4 is 11.6 Å². The number of halogens is 1. The van der Waals surface area contributed by atoms with E-state index in [1.807, 2.05) is 30.3 Å². The lowest BCUT2D eigenvalue weighted by Crippen LogP contribution is -2.15. The maximum Gasteiger partial charge on any atom is 0.167 e. The maximum atomic E-state index is 5.94. The number of nitrogens with one attached hydrogen (secondary N) is 1. The van der Waals surface area contributed by atoms with Crippen molar-refractivity contribution in [2.75, 3.05) is 0 Å². The van der Waals surface area contributed by atoms with Gasteiger partial charge in [-0.05, 0) is 25.0 Å². The molecule has 0 bridgehead atoms. The average molecular weight is 249 g/mol. The molecular weight excluding hydrogens is 236 g/mol. The number of nitrogens with zero attached hydrogens (tertiary/aromatic N) is 1. The molecule has 0 atom stereocenters. The van der Waals surface area contributed by atoms with Gasteiger partial charge >= 0.3 is 0 Å². The molecule has 3 nitrogen and oxygen atoms in total. The van der Waals surface area contributed by atoms with Crippen LogP contribution in [0.4, 0.5) is 0 Å². The third-order valence-corrected chi connectivity index (χ3v) is 3.05. The van der Waals surface area contributed by atoms with E-state index in [-0.39, 0.29) is 0 Å². The van der Waals surface area contributed by atoms with E-state index < -0.39 is 0 Å². The average Bonchev–Trinajstić information content (AvgIpc) is 3.04. The number of benzene rings is 1. The molecule has 1 heterocycles. The lowest BCUT2D eigenvalue weighted by molar-refractivity contribution is 0.420. The highest BCUT2D eigenvalue weighted by Gasteiger charge is 2.20. The molecule has 1 fully saturated rings. The molecule has 88 valence electrons. The number of rotatable bonds is 4. The fourth-order valence-corrected chi connectivity index (χ4v) is 1.90. The van der Waals surface area contributed by atoms with E-state index in [1.54, 1.807) is 0 Å². The summed E-state index contributed by atoms with van der Waals surface area (Å²) in [6.07, 6.45) is 2.55. The Balaban J connectivity index is 1.74. The zero-order valence-corrected chi connectivity index (χ0v) is 10.1. The van der Waals surface area contributed by atoms with Crippen LogP contribution in [-0.4, -0.2) is 11.2 Å². The van der Waals surface area contributed by atoms with Crippen molar-refractivity contribution in [3.8, 4) is 11.3 Å². The van der Waals surface area contributed by atoms with Gasteiger partial charge in [0.2, 0.25) is 0 Å². The van der Waals surface area contributed by atoms with Crippen LogP contribution in [-0.2, 0) is 6.54 Å². The first-order valence-electron chi connectivity index (χ1n) is 5.76. The Kier molecular flexibility index (Phi) is 2.87. The van der Waals surface area contributed by atoms with Gasteiger partial charge in [-0.1, -0.05) is 28.9 Å². The molecule has 0 saturated heterocycles. The fraction of sp³-hybridized carbons (Fsp3) is 0.308. The van der Waals surface area contributed by atoms with E-state index in [4.69, 9.17) is 16.1 Å². The van der Waals surface area contributed by atoms with Crippen molar-refractivity contribution in [1.82, 2.24) is 10.5 Å². The summed E-state index contributed by atoms with van der Waals surface area (Å²) in [5.41, 5.74) is 1.90. The van der Waals surface area contributed by atoms with Crippen molar-refractivity contribution in [1.29, 1.82) is 0 Å². The molecule has 4 heteroatoms. The SMILES string of the molecule is Clc1cccc(-c2cc(CNC3CC3)no2)c1. The van der Waals surface area contributed by atoms with Crippen LogP contribution < -0.4 is 5.32 Å². The highest BCUT2D eigenvalue weighted by molar-refractivity contribution is 6.30. The lowest BCUT2D eigenvalue weighted by Gasteiger charge is -1.96. The quantitative estimate of drug-likeness (QED) is 0.903. The molecule has 0 spiro atoms. The number of hydrogen-bond donors (Lipinski definition) is 1. The summed E-state index contributed by atoms with van der Waals surface area (Å²) in [5.74, 6) is 0.764. The largest absolute Gasteiger partial charge is 0.356 e. The molecule has 1 aliphatic carbocycles. The van der Waals surface area contributed by atoms with Gasteiger partial charge in [0.1, 0.15) is 0 Å². The molecule has 0 unspecified atom stereocenters. The zero-order chi connectivity index (χ0) is 11.7. The van der Waals surface area contributed by atoms with Crippen LogP contribution in [0.1, 0.15) is 18.5 Å². The number of aromatic nitrogens is 1. The topological polar surface area (TPSA) is 38.1 Å². The second kappa shape index (κ2) is 4.51. The first-order chi connectivity index (χ1) is 8.31. The Labute approximate surface area is 105 Å². The van der Waals surface area contributed by atoms with Crippen LogP contribution in [0.15, 0.2) is 34.9 Å².